The number of rotatable bonds is 8. The highest BCUT2D eigenvalue weighted by molar-refractivity contribution is 9.10. The lowest BCUT2D eigenvalue weighted by Crippen LogP contribution is -2.38. The Bertz CT molecular complexity index is 880. The van der Waals surface area contributed by atoms with Gasteiger partial charge in [-0.25, -0.2) is 4.98 Å². The van der Waals surface area contributed by atoms with Crippen LogP contribution in [-0.4, -0.2) is 52.4 Å². The smallest absolute Gasteiger partial charge is 0.259 e. The minimum absolute atomic E-state index is 0.0142. The summed E-state index contributed by atoms with van der Waals surface area (Å²) in [6, 6.07) is -0.0551. The molecule has 2 aromatic rings. The van der Waals surface area contributed by atoms with E-state index in [4.69, 9.17) is 13.9 Å². The summed E-state index contributed by atoms with van der Waals surface area (Å²) in [6.45, 7) is 1.86. The van der Waals surface area contributed by atoms with Gasteiger partial charge in [0, 0.05) is 19.1 Å². The van der Waals surface area contributed by atoms with E-state index in [0.717, 1.165) is 12.8 Å². The first kappa shape index (κ1) is 21.3. The van der Waals surface area contributed by atoms with E-state index in [-0.39, 0.29) is 43.0 Å². The SMILES string of the molecule is COc1nn(C)c(Br)c1C(=O)N[C@@H]1CC[C@H](NC(=O)COCc2ncc(C)o2)C1. The number of carbonyl (C=O) groups excluding carboxylic acids is 2. The summed E-state index contributed by atoms with van der Waals surface area (Å²) < 4.78 is 17.9. The molecule has 0 aromatic carbocycles. The third kappa shape index (κ3) is 5.36. The number of halogens is 1. The molecule has 0 aliphatic heterocycles. The molecule has 1 fully saturated rings. The van der Waals surface area contributed by atoms with Gasteiger partial charge in [0.2, 0.25) is 17.7 Å². The molecule has 10 nitrogen and oxygen atoms in total. The Kier molecular flexibility index (Phi) is 6.91. The van der Waals surface area contributed by atoms with Crippen molar-refractivity contribution in [1.29, 1.82) is 0 Å². The largest absolute Gasteiger partial charge is 0.479 e. The van der Waals surface area contributed by atoms with Crippen molar-refractivity contribution in [2.75, 3.05) is 13.7 Å². The number of carbonyl (C=O) groups is 2. The van der Waals surface area contributed by atoms with Crippen LogP contribution in [0.4, 0.5) is 0 Å². The number of hydrogen-bond donors (Lipinski definition) is 2. The Morgan fingerprint density at radius 1 is 1.34 bits per heavy atom. The van der Waals surface area contributed by atoms with Gasteiger partial charge in [-0.1, -0.05) is 0 Å². The van der Waals surface area contributed by atoms with Gasteiger partial charge in [0.1, 0.15) is 29.1 Å². The Morgan fingerprint density at radius 3 is 2.72 bits per heavy atom. The number of oxazole rings is 1. The minimum Gasteiger partial charge on any atom is -0.479 e. The number of aryl methyl sites for hydroxylation is 2. The summed E-state index contributed by atoms with van der Waals surface area (Å²) in [6.07, 6.45) is 3.80. The first-order valence-electron chi connectivity index (χ1n) is 9.23. The zero-order chi connectivity index (χ0) is 21.0. The standard InChI is InChI=1S/C18H24BrN5O5/c1-10-7-20-14(29-10)9-28-8-13(25)21-11-4-5-12(6-11)22-17(26)15-16(19)24(2)23-18(15)27-3/h7,11-12H,4-6,8-9H2,1-3H3,(H,21,25)(H,22,26)/t11-,12+/m0/s1. The molecule has 0 bridgehead atoms. The van der Waals surface area contributed by atoms with Gasteiger partial charge in [-0.2, -0.15) is 0 Å². The van der Waals surface area contributed by atoms with Crippen molar-refractivity contribution in [2.45, 2.75) is 44.9 Å². The lowest BCUT2D eigenvalue weighted by molar-refractivity contribution is -0.127. The Labute approximate surface area is 176 Å². The van der Waals surface area contributed by atoms with E-state index in [1.807, 2.05) is 0 Å². The van der Waals surface area contributed by atoms with Crippen molar-refractivity contribution in [3.63, 3.8) is 0 Å². The minimum atomic E-state index is -0.261. The summed E-state index contributed by atoms with van der Waals surface area (Å²) in [7, 11) is 3.19. The van der Waals surface area contributed by atoms with Crippen LogP contribution in [0.5, 0.6) is 5.88 Å². The second kappa shape index (κ2) is 9.40. The van der Waals surface area contributed by atoms with Gasteiger partial charge in [-0.15, -0.1) is 5.10 Å². The molecule has 0 unspecified atom stereocenters. The van der Waals surface area contributed by atoms with Crippen LogP contribution in [0.3, 0.4) is 0 Å². The predicted octanol–water partition coefficient (Wildman–Crippen LogP) is 1.47. The van der Waals surface area contributed by atoms with E-state index in [1.165, 1.54) is 11.8 Å². The van der Waals surface area contributed by atoms with Crippen molar-refractivity contribution in [1.82, 2.24) is 25.4 Å². The van der Waals surface area contributed by atoms with Crippen molar-refractivity contribution in [3.05, 3.63) is 28.0 Å². The molecule has 3 rings (SSSR count). The number of hydrogen-bond acceptors (Lipinski definition) is 7. The zero-order valence-corrected chi connectivity index (χ0v) is 18.1. The average molecular weight is 470 g/mol. The van der Waals surface area contributed by atoms with Crippen LogP contribution < -0.4 is 15.4 Å². The molecule has 2 aromatic heterocycles. The molecule has 1 aliphatic carbocycles. The molecule has 2 amide bonds. The fourth-order valence-corrected chi connectivity index (χ4v) is 3.71. The maximum absolute atomic E-state index is 12.6. The van der Waals surface area contributed by atoms with E-state index in [2.05, 4.69) is 36.6 Å². The number of aromatic nitrogens is 3. The lowest BCUT2D eigenvalue weighted by Gasteiger charge is -2.15. The number of nitrogens with one attached hydrogen (secondary N) is 2. The highest BCUT2D eigenvalue weighted by atomic mass is 79.9. The number of amides is 2. The molecular weight excluding hydrogens is 446 g/mol. The second-order valence-corrected chi connectivity index (χ2v) is 7.66. The van der Waals surface area contributed by atoms with E-state index in [9.17, 15) is 9.59 Å². The number of ether oxygens (including phenoxy) is 2. The molecule has 2 N–H and O–H groups in total. The summed E-state index contributed by atoms with van der Waals surface area (Å²) in [5.74, 6) is 0.933. The number of methoxy groups -OCH3 is 1. The van der Waals surface area contributed by atoms with Crippen molar-refractivity contribution in [3.8, 4) is 5.88 Å². The highest BCUT2D eigenvalue weighted by Gasteiger charge is 2.30. The van der Waals surface area contributed by atoms with Crippen LogP contribution in [0.2, 0.25) is 0 Å². The molecule has 1 saturated carbocycles. The van der Waals surface area contributed by atoms with E-state index in [1.54, 1.807) is 20.2 Å². The van der Waals surface area contributed by atoms with Gasteiger partial charge in [-0.05, 0) is 42.1 Å². The third-order valence-corrected chi connectivity index (χ3v) is 5.54. The lowest BCUT2D eigenvalue weighted by atomic mass is 10.2. The van der Waals surface area contributed by atoms with Crippen LogP contribution in [0.1, 0.15) is 41.3 Å². The number of nitrogens with zero attached hydrogens (tertiary/aromatic N) is 3. The molecule has 1 aliphatic rings. The zero-order valence-electron chi connectivity index (χ0n) is 16.5. The van der Waals surface area contributed by atoms with Gasteiger partial charge < -0.3 is 24.5 Å². The van der Waals surface area contributed by atoms with Gasteiger partial charge in [0.25, 0.3) is 5.91 Å². The Balaban J connectivity index is 1.43. The monoisotopic (exact) mass is 469 g/mol. The quantitative estimate of drug-likeness (QED) is 0.600. The third-order valence-electron chi connectivity index (χ3n) is 4.63. The highest BCUT2D eigenvalue weighted by Crippen LogP contribution is 2.27. The van der Waals surface area contributed by atoms with Crippen LogP contribution in [0.15, 0.2) is 15.2 Å². The van der Waals surface area contributed by atoms with Gasteiger partial charge in [-0.3, -0.25) is 14.3 Å². The topological polar surface area (TPSA) is 121 Å². The summed E-state index contributed by atoms with van der Waals surface area (Å²) >= 11 is 3.36. The molecule has 2 heterocycles. The van der Waals surface area contributed by atoms with Crippen molar-refractivity contribution >= 4 is 27.7 Å². The van der Waals surface area contributed by atoms with Gasteiger partial charge >= 0.3 is 0 Å². The van der Waals surface area contributed by atoms with Crippen molar-refractivity contribution in [2.24, 2.45) is 7.05 Å². The first-order chi connectivity index (χ1) is 13.9. The molecule has 11 heteroatoms. The van der Waals surface area contributed by atoms with E-state index >= 15 is 0 Å². The van der Waals surface area contributed by atoms with Crippen molar-refractivity contribution < 1.29 is 23.5 Å². The van der Waals surface area contributed by atoms with E-state index < -0.39 is 0 Å². The molecule has 0 radical (unpaired) electrons. The summed E-state index contributed by atoms with van der Waals surface area (Å²) in [5.41, 5.74) is 0.359. The molecular formula is C18H24BrN5O5. The van der Waals surface area contributed by atoms with Crippen LogP contribution in [0.25, 0.3) is 0 Å². The maximum atomic E-state index is 12.6. The first-order valence-corrected chi connectivity index (χ1v) is 10.0. The van der Waals surface area contributed by atoms with Gasteiger partial charge in [0.15, 0.2) is 0 Å². The molecule has 2 atom stereocenters. The van der Waals surface area contributed by atoms with Crippen LogP contribution >= 0.6 is 15.9 Å². The molecule has 0 saturated heterocycles. The Hall–Kier alpha value is -2.40. The van der Waals surface area contributed by atoms with E-state index in [0.29, 0.717) is 28.2 Å². The fourth-order valence-electron chi connectivity index (χ4n) is 3.28. The predicted molar refractivity (Wildman–Crippen MR) is 105 cm³/mol. The van der Waals surface area contributed by atoms with Crippen LogP contribution in [0, 0.1) is 6.92 Å². The second-order valence-electron chi connectivity index (χ2n) is 6.90. The molecule has 29 heavy (non-hydrogen) atoms. The maximum Gasteiger partial charge on any atom is 0.259 e. The Morgan fingerprint density at radius 2 is 2.07 bits per heavy atom. The summed E-state index contributed by atoms with van der Waals surface area (Å²) in [4.78, 5) is 28.7. The molecule has 0 spiro atoms. The van der Waals surface area contributed by atoms with Crippen LogP contribution in [-0.2, 0) is 23.2 Å². The normalized spacial score (nSPS) is 18.6. The average Bonchev–Trinajstić information content (AvgIpc) is 3.36. The summed E-state index contributed by atoms with van der Waals surface area (Å²) in [5, 5.41) is 10.1. The fraction of sp³-hybridized carbons (Fsp3) is 0.556. The molecule has 158 valence electrons. The van der Waals surface area contributed by atoms with Gasteiger partial charge in [0.05, 0.1) is 13.3 Å².